The highest BCUT2D eigenvalue weighted by Crippen LogP contribution is 2.42. The van der Waals surface area contributed by atoms with Gasteiger partial charge in [0.05, 0.1) is 10.9 Å². The molecule has 4 rings (SSSR count). The van der Waals surface area contributed by atoms with E-state index in [0.717, 1.165) is 22.2 Å². The molecule has 2 N–H and O–H groups in total. The summed E-state index contributed by atoms with van der Waals surface area (Å²) in [7, 11) is 3.88. The SMILES string of the molecule is CN(C)c1ccc2c(-c3cc(S)ccc3C(=O)O)c3ccc(=N)cc-3oc2c1. The lowest BCUT2D eigenvalue weighted by molar-refractivity contribution is 0.0697. The van der Waals surface area contributed by atoms with Crippen molar-refractivity contribution in [3.63, 3.8) is 0 Å². The number of rotatable bonds is 3. The average molecular weight is 390 g/mol. The lowest BCUT2D eigenvalue weighted by Gasteiger charge is -2.19. The van der Waals surface area contributed by atoms with E-state index in [1.165, 1.54) is 0 Å². The number of anilines is 1. The number of nitrogens with zero attached hydrogens (tertiary/aromatic N) is 1. The predicted octanol–water partition coefficient (Wildman–Crippen LogP) is 4.74. The number of carboxylic acids is 1. The average Bonchev–Trinajstić information content (AvgIpc) is 2.65. The first-order valence-electron chi connectivity index (χ1n) is 8.64. The van der Waals surface area contributed by atoms with Crippen LogP contribution >= 0.6 is 12.6 Å². The minimum Gasteiger partial charge on any atom is -0.478 e. The van der Waals surface area contributed by atoms with Crippen LogP contribution in [0.5, 0.6) is 0 Å². The monoisotopic (exact) mass is 390 g/mol. The molecule has 1 aliphatic carbocycles. The fourth-order valence-electron chi connectivity index (χ4n) is 3.37. The van der Waals surface area contributed by atoms with Crippen molar-refractivity contribution in [3.8, 4) is 22.5 Å². The Balaban J connectivity index is 2.19. The van der Waals surface area contributed by atoms with Crippen LogP contribution in [0.1, 0.15) is 10.4 Å². The molecule has 140 valence electrons. The van der Waals surface area contributed by atoms with E-state index in [2.05, 4.69) is 12.6 Å². The van der Waals surface area contributed by atoms with Crippen LogP contribution in [0.3, 0.4) is 0 Å². The quantitative estimate of drug-likeness (QED) is 0.349. The highest BCUT2D eigenvalue weighted by molar-refractivity contribution is 7.80. The van der Waals surface area contributed by atoms with Gasteiger partial charge in [-0.15, -0.1) is 12.6 Å². The Hall–Kier alpha value is -3.25. The van der Waals surface area contributed by atoms with Gasteiger partial charge < -0.3 is 19.8 Å². The Morgan fingerprint density at radius 2 is 1.82 bits per heavy atom. The fourth-order valence-corrected chi connectivity index (χ4v) is 3.58. The van der Waals surface area contributed by atoms with E-state index in [1.54, 1.807) is 36.4 Å². The lowest BCUT2D eigenvalue weighted by atomic mass is 9.90. The number of carbonyl (C=O) groups is 1. The number of nitrogens with one attached hydrogen (secondary N) is 1. The van der Waals surface area contributed by atoms with E-state index in [1.807, 2.05) is 37.2 Å². The third-order valence-corrected chi connectivity index (χ3v) is 5.00. The zero-order chi connectivity index (χ0) is 20.0. The van der Waals surface area contributed by atoms with Gasteiger partial charge in [-0.3, -0.25) is 0 Å². The van der Waals surface area contributed by atoms with Crippen LogP contribution < -0.4 is 10.3 Å². The van der Waals surface area contributed by atoms with E-state index < -0.39 is 5.97 Å². The maximum atomic E-state index is 11.9. The van der Waals surface area contributed by atoms with E-state index in [-0.39, 0.29) is 5.56 Å². The summed E-state index contributed by atoms with van der Waals surface area (Å²) in [6.45, 7) is 0. The second kappa shape index (κ2) is 6.73. The Kier molecular flexibility index (Phi) is 4.35. The topological polar surface area (TPSA) is 77.5 Å². The Morgan fingerprint density at radius 1 is 1.04 bits per heavy atom. The van der Waals surface area contributed by atoms with Crippen molar-refractivity contribution >= 4 is 35.3 Å². The maximum absolute atomic E-state index is 11.9. The second-order valence-electron chi connectivity index (χ2n) is 6.80. The zero-order valence-electron chi connectivity index (χ0n) is 15.4. The van der Waals surface area contributed by atoms with Crippen molar-refractivity contribution in [2.45, 2.75) is 4.90 Å². The van der Waals surface area contributed by atoms with E-state index >= 15 is 0 Å². The molecule has 0 spiro atoms. The summed E-state index contributed by atoms with van der Waals surface area (Å²) in [5, 5.41) is 18.8. The summed E-state index contributed by atoms with van der Waals surface area (Å²) in [6.07, 6.45) is 0. The number of carboxylic acid groups (broad SMARTS) is 1. The number of thiol groups is 1. The van der Waals surface area contributed by atoms with Gasteiger partial charge in [0.15, 0.2) is 0 Å². The number of hydrogen-bond donors (Lipinski definition) is 3. The molecule has 0 radical (unpaired) electrons. The van der Waals surface area contributed by atoms with Crippen molar-refractivity contribution in [2.24, 2.45) is 0 Å². The molecule has 0 atom stereocenters. The van der Waals surface area contributed by atoms with Crippen LogP contribution in [-0.4, -0.2) is 25.2 Å². The van der Waals surface area contributed by atoms with Crippen molar-refractivity contribution in [1.82, 2.24) is 0 Å². The summed E-state index contributed by atoms with van der Waals surface area (Å²) < 4.78 is 6.10. The molecule has 0 bridgehead atoms. The highest BCUT2D eigenvalue weighted by atomic mass is 32.1. The smallest absolute Gasteiger partial charge is 0.336 e. The normalized spacial score (nSPS) is 11.1. The molecule has 0 fully saturated rings. The molecule has 0 saturated heterocycles. The van der Waals surface area contributed by atoms with Gasteiger partial charge in [0.1, 0.15) is 11.3 Å². The number of benzene rings is 3. The van der Waals surface area contributed by atoms with Gasteiger partial charge in [-0.25, -0.2) is 4.79 Å². The van der Waals surface area contributed by atoms with Crippen LogP contribution in [0.15, 0.2) is 63.9 Å². The first kappa shape index (κ1) is 18.1. The molecule has 6 heteroatoms. The van der Waals surface area contributed by atoms with Gasteiger partial charge >= 0.3 is 5.97 Å². The van der Waals surface area contributed by atoms with E-state index in [4.69, 9.17) is 9.83 Å². The molecule has 0 saturated carbocycles. The third-order valence-electron chi connectivity index (χ3n) is 4.72. The minimum atomic E-state index is -1.01. The van der Waals surface area contributed by atoms with Crippen molar-refractivity contribution in [2.75, 3.05) is 19.0 Å². The summed E-state index contributed by atoms with van der Waals surface area (Å²) >= 11 is 4.42. The van der Waals surface area contributed by atoms with Crippen molar-refractivity contribution in [1.29, 1.82) is 5.41 Å². The first-order chi connectivity index (χ1) is 13.3. The largest absolute Gasteiger partial charge is 0.478 e. The van der Waals surface area contributed by atoms with E-state index in [0.29, 0.717) is 27.2 Å². The molecule has 1 heterocycles. The molecule has 1 aliphatic heterocycles. The molecular formula is C22H18N2O3S. The lowest BCUT2D eigenvalue weighted by Crippen LogP contribution is -2.08. The van der Waals surface area contributed by atoms with E-state index in [9.17, 15) is 9.90 Å². The standard InChI is InChI=1S/C22H18N2O3S/c1-24(2)13-4-7-17-20(10-13)27-19-9-12(23)3-6-16(19)21(17)18-11-14(28)5-8-15(18)22(25)26/h3-11,23,28H,1-2H3,(H,25,26). The summed E-state index contributed by atoms with van der Waals surface area (Å²) in [4.78, 5) is 14.5. The Morgan fingerprint density at radius 3 is 2.54 bits per heavy atom. The molecule has 2 aromatic carbocycles. The molecule has 0 aromatic heterocycles. The molecule has 0 amide bonds. The van der Waals surface area contributed by atoms with Gasteiger partial charge in [0.25, 0.3) is 0 Å². The van der Waals surface area contributed by atoms with Crippen LogP contribution in [0.4, 0.5) is 5.69 Å². The Labute approximate surface area is 167 Å². The van der Waals surface area contributed by atoms with Crippen LogP contribution in [0.25, 0.3) is 33.4 Å². The first-order valence-corrected chi connectivity index (χ1v) is 9.09. The second-order valence-corrected chi connectivity index (χ2v) is 7.31. The van der Waals surface area contributed by atoms with Crippen molar-refractivity contribution in [3.05, 3.63) is 65.5 Å². The number of hydrogen-bond acceptors (Lipinski definition) is 5. The number of fused-ring (bicyclic) bond motifs is 2. The van der Waals surface area contributed by atoms with Crippen LogP contribution in [0, 0.1) is 5.41 Å². The van der Waals surface area contributed by atoms with Gasteiger partial charge in [-0.05, 0) is 48.0 Å². The van der Waals surface area contributed by atoms with Gasteiger partial charge in [0, 0.05) is 53.3 Å². The maximum Gasteiger partial charge on any atom is 0.336 e. The third kappa shape index (κ3) is 3.01. The molecule has 5 nitrogen and oxygen atoms in total. The molecule has 2 aliphatic rings. The summed E-state index contributed by atoms with van der Waals surface area (Å²) in [5.74, 6) is -0.473. The van der Waals surface area contributed by atoms with Crippen LogP contribution in [0.2, 0.25) is 0 Å². The van der Waals surface area contributed by atoms with Gasteiger partial charge in [-0.1, -0.05) is 0 Å². The molecule has 0 unspecified atom stereocenters. The molecule has 2 aromatic rings. The molecular weight excluding hydrogens is 372 g/mol. The highest BCUT2D eigenvalue weighted by Gasteiger charge is 2.21. The van der Waals surface area contributed by atoms with Gasteiger partial charge in [-0.2, -0.15) is 0 Å². The summed E-state index contributed by atoms with van der Waals surface area (Å²) in [5.41, 5.74) is 3.86. The Bertz CT molecular complexity index is 1260. The summed E-state index contributed by atoms with van der Waals surface area (Å²) in [6, 6.07) is 15.9. The minimum absolute atomic E-state index is 0.193. The zero-order valence-corrected chi connectivity index (χ0v) is 16.2. The van der Waals surface area contributed by atoms with Gasteiger partial charge in [0.2, 0.25) is 0 Å². The number of aromatic carboxylic acids is 1. The van der Waals surface area contributed by atoms with Crippen LogP contribution in [-0.2, 0) is 0 Å². The predicted molar refractivity (Wildman–Crippen MR) is 113 cm³/mol. The van der Waals surface area contributed by atoms with Crippen molar-refractivity contribution < 1.29 is 14.3 Å². The fraction of sp³-hybridized carbons (Fsp3) is 0.0909. The molecule has 28 heavy (non-hydrogen) atoms.